The van der Waals surface area contributed by atoms with Gasteiger partial charge in [-0.2, -0.15) is 61.5 Å². The number of halogens is 16. The van der Waals surface area contributed by atoms with Crippen molar-refractivity contribution < 1.29 is 84.6 Å². The van der Waals surface area contributed by atoms with Gasteiger partial charge in [-0.15, -0.1) is 11.3 Å². The van der Waals surface area contributed by atoms with E-state index in [0.717, 1.165) is 5.32 Å². The summed E-state index contributed by atoms with van der Waals surface area (Å²) in [5, 5.41) is -0.129. The van der Waals surface area contributed by atoms with Gasteiger partial charge in [0.05, 0.1) is 12.2 Å². The van der Waals surface area contributed by atoms with Gasteiger partial charge in [0, 0.05) is 4.88 Å². The summed E-state index contributed by atoms with van der Waals surface area (Å²) >= 11 is 0.281. The first-order chi connectivity index (χ1) is 18.7. The van der Waals surface area contributed by atoms with Crippen LogP contribution in [0.5, 0.6) is 0 Å². The molecule has 0 saturated heterocycles. The minimum atomic E-state index is -8.62. The zero-order valence-electron chi connectivity index (χ0n) is 20.7. The number of ether oxygens (including phenoxy) is 1. The molecule has 1 aromatic heterocycles. The molecule has 1 aliphatic rings. The molecule has 2 rings (SSSR count). The SMILES string of the molecule is CCOC(=O)c1c(NC(=O)C(F)(F)C(F)(F)C(F)(F)C(F)(F)C(F)(F)C(F)(F)C(F)(F)C(F)F)sc2c1CCC(C)C2. The molecule has 1 unspecified atom stereocenters. The lowest BCUT2D eigenvalue weighted by molar-refractivity contribution is -0.443. The van der Waals surface area contributed by atoms with E-state index in [-0.39, 0.29) is 47.1 Å². The number of carbonyl (C=O) groups is 2. The zero-order chi connectivity index (χ0) is 33.1. The quantitative estimate of drug-likeness (QED) is 0.195. The third-order valence-electron chi connectivity index (χ3n) is 6.17. The van der Waals surface area contributed by atoms with Crippen LogP contribution in [-0.4, -0.2) is 66.4 Å². The molecule has 21 heteroatoms. The molecule has 0 radical (unpaired) electrons. The van der Waals surface area contributed by atoms with Gasteiger partial charge in [0.15, 0.2) is 0 Å². The largest absolute Gasteiger partial charge is 0.462 e. The highest BCUT2D eigenvalue weighted by Crippen LogP contribution is 2.63. The van der Waals surface area contributed by atoms with Crippen molar-refractivity contribution in [2.75, 3.05) is 11.9 Å². The van der Waals surface area contributed by atoms with Crippen LogP contribution in [0.3, 0.4) is 0 Å². The van der Waals surface area contributed by atoms with Gasteiger partial charge in [0.2, 0.25) is 0 Å². The van der Waals surface area contributed by atoms with E-state index < -0.39 is 70.3 Å². The van der Waals surface area contributed by atoms with Gasteiger partial charge >= 0.3 is 59.8 Å². The van der Waals surface area contributed by atoms with Crippen molar-refractivity contribution in [1.82, 2.24) is 0 Å². The van der Waals surface area contributed by atoms with Gasteiger partial charge in [-0.1, -0.05) is 6.92 Å². The number of alkyl halides is 16. The highest BCUT2D eigenvalue weighted by molar-refractivity contribution is 7.17. The predicted octanol–water partition coefficient (Wildman–Crippen LogP) is 7.70. The van der Waals surface area contributed by atoms with Crippen LogP contribution in [0.1, 0.15) is 41.1 Å². The average molecular weight is 667 g/mol. The highest BCUT2D eigenvalue weighted by atomic mass is 32.1. The fraction of sp³-hybridized carbons (Fsp3) is 0.714. The number of nitrogens with one attached hydrogen (secondary N) is 1. The molecule has 42 heavy (non-hydrogen) atoms. The van der Waals surface area contributed by atoms with Crippen LogP contribution in [0.25, 0.3) is 0 Å². The third-order valence-corrected chi connectivity index (χ3v) is 7.34. The Hall–Kier alpha value is -2.48. The van der Waals surface area contributed by atoms with E-state index in [9.17, 15) is 79.8 Å². The third kappa shape index (κ3) is 5.05. The maximum Gasteiger partial charge on any atom is 0.393 e. The van der Waals surface area contributed by atoms with Gasteiger partial charge in [0.1, 0.15) is 5.00 Å². The van der Waals surface area contributed by atoms with E-state index in [2.05, 4.69) is 4.74 Å². The summed E-state index contributed by atoms with van der Waals surface area (Å²) in [5.74, 6) is -61.8. The fourth-order valence-electron chi connectivity index (χ4n) is 3.72. The standard InChI is InChI=1S/C21H17F16NO3S/c1-3-41-12(39)10-8-5-4-7(2)6-9(8)42-11(10)38-14(40)16(26,27)18(30,31)20(34,35)21(36,37)19(32,33)17(28,29)15(24,25)13(22)23/h7,13H,3-6H2,1-2H3,(H,38,40). The molecule has 4 nitrogen and oxygen atoms in total. The summed E-state index contributed by atoms with van der Waals surface area (Å²) in [6, 6.07) is 0. The van der Waals surface area contributed by atoms with Crippen LogP contribution in [0.2, 0.25) is 0 Å². The lowest BCUT2D eigenvalue weighted by atomic mass is 9.88. The molecule has 0 bridgehead atoms. The number of fused-ring (bicyclic) bond motifs is 1. The molecule has 1 atom stereocenters. The van der Waals surface area contributed by atoms with Crippen LogP contribution in [-0.2, 0) is 22.4 Å². The van der Waals surface area contributed by atoms with E-state index in [1.165, 1.54) is 6.92 Å². The number of hydrogen-bond acceptors (Lipinski definition) is 4. The summed E-state index contributed by atoms with van der Waals surface area (Å²) in [5.41, 5.74) is -0.658. The van der Waals surface area contributed by atoms with Crippen molar-refractivity contribution >= 4 is 28.2 Å². The van der Waals surface area contributed by atoms with Crippen molar-refractivity contribution in [2.45, 2.75) is 81.0 Å². The second kappa shape index (κ2) is 10.9. The Morgan fingerprint density at radius 1 is 0.857 bits per heavy atom. The monoisotopic (exact) mass is 667 g/mol. The van der Waals surface area contributed by atoms with Crippen molar-refractivity contribution in [1.29, 1.82) is 0 Å². The topological polar surface area (TPSA) is 55.4 Å². The van der Waals surface area contributed by atoms with E-state index in [1.807, 2.05) is 0 Å². The molecule has 1 N–H and O–H groups in total. The number of rotatable bonds is 11. The first-order valence-electron chi connectivity index (χ1n) is 11.2. The molecular formula is C21H17F16NO3S. The van der Waals surface area contributed by atoms with Crippen molar-refractivity contribution in [3.05, 3.63) is 16.0 Å². The van der Waals surface area contributed by atoms with Crippen molar-refractivity contribution in [3.8, 4) is 0 Å². The number of amides is 1. The van der Waals surface area contributed by atoms with Gasteiger partial charge < -0.3 is 10.1 Å². The minimum absolute atomic E-state index is 0.0282. The second-order valence-electron chi connectivity index (χ2n) is 9.10. The number of carbonyl (C=O) groups excluding carboxylic acids is 2. The predicted molar refractivity (Wildman–Crippen MR) is 111 cm³/mol. The van der Waals surface area contributed by atoms with Crippen LogP contribution < -0.4 is 5.32 Å². The van der Waals surface area contributed by atoms with Crippen molar-refractivity contribution in [3.63, 3.8) is 0 Å². The number of thiophene rings is 1. The Labute approximate surface area is 228 Å². The second-order valence-corrected chi connectivity index (χ2v) is 10.2. The molecule has 1 amide bonds. The lowest BCUT2D eigenvalue weighted by Crippen LogP contribution is -2.74. The maximum absolute atomic E-state index is 14.4. The number of hydrogen-bond donors (Lipinski definition) is 1. The van der Waals surface area contributed by atoms with Gasteiger partial charge in [-0.05, 0) is 37.7 Å². The van der Waals surface area contributed by atoms with Crippen LogP contribution >= 0.6 is 11.3 Å². The summed E-state index contributed by atoms with van der Waals surface area (Å²) in [6.07, 6.45) is -5.45. The summed E-state index contributed by atoms with van der Waals surface area (Å²) in [6.45, 7) is 2.56. The Balaban J connectivity index is 2.57. The van der Waals surface area contributed by atoms with E-state index >= 15 is 0 Å². The molecule has 0 aliphatic heterocycles. The number of anilines is 1. The Kier molecular flexibility index (Phi) is 9.27. The molecule has 0 saturated carbocycles. The minimum Gasteiger partial charge on any atom is -0.462 e. The molecule has 0 fully saturated rings. The fourth-order valence-corrected chi connectivity index (χ4v) is 5.11. The smallest absolute Gasteiger partial charge is 0.393 e. The number of esters is 1. The average Bonchev–Trinajstić information content (AvgIpc) is 3.19. The van der Waals surface area contributed by atoms with E-state index in [1.54, 1.807) is 6.92 Å². The molecule has 0 spiro atoms. The van der Waals surface area contributed by atoms with Gasteiger partial charge in [-0.25, -0.2) is 13.6 Å². The normalized spacial score (nSPS) is 17.7. The van der Waals surface area contributed by atoms with E-state index in [4.69, 9.17) is 0 Å². The van der Waals surface area contributed by atoms with Crippen molar-refractivity contribution in [2.24, 2.45) is 5.92 Å². The summed E-state index contributed by atoms with van der Waals surface area (Å²) in [7, 11) is 0. The van der Waals surface area contributed by atoms with E-state index in [0.29, 0.717) is 6.42 Å². The zero-order valence-corrected chi connectivity index (χ0v) is 21.5. The Bertz CT molecular complexity index is 1200. The van der Waals surface area contributed by atoms with Crippen LogP contribution in [0, 0.1) is 5.92 Å². The Morgan fingerprint density at radius 2 is 1.33 bits per heavy atom. The van der Waals surface area contributed by atoms with Crippen LogP contribution in [0.4, 0.5) is 75.2 Å². The maximum atomic E-state index is 14.4. The lowest BCUT2D eigenvalue weighted by Gasteiger charge is -2.42. The van der Waals surface area contributed by atoms with Gasteiger partial charge in [0.25, 0.3) is 0 Å². The highest BCUT2D eigenvalue weighted by Gasteiger charge is 2.94. The summed E-state index contributed by atoms with van der Waals surface area (Å²) in [4.78, 5) is 24.6. The molecule has 1 aromatic rings. The molecule has 0 aromatic carbocycles. The molecule has 242 valence electrons. The first kappa shape index (κ1) is 35.7. The van der Waals surface area contributed by atoms with Gasteiger partial charge in [-0.3, -0.25) is 4.79 Å². The molecule has 1 aliphatic carbocycles. The van der Waals surface area contributed by atoms with Crippen LogP contribution in [0.15, 0.2) is 0 Å². The molecule has 1 heterocycles. The molecular weight excluding hydrogens is 650 g/mol. The summed E-state index contributed by atoms with van der Waals surface area (Å²) < 4.78 is 222. The first-order valence-corrected chi connectivity index (χ1v) is 12.1. The Morgan fingerprint density at radius 3 is 1.81 bits per heavy atom.